The molecule has 1 fully saturated rings. The SMILES string of the molecule is COC1CCN(Cc2ccc3c(c2)CCO3)C(CN)C1. The number of methoxy groups -OCH3 is 1. The maximum absolute atomic E-state index is 5.94. The summed E-state index contributed by atoms with van der Waals surface area (Å²) >= 11 is 0. The number of fused-ring (bicyclic) bond motifs is 1. The van der Waals surface area contributed by atoms with Crippen LogP contribution in [0.25, 0.3) is 0 Å². The van der Waals surface area contributed by atoms with E-state index in [1.54, 1.807) is 7.11 Å². The van der Waals surface area contributed by atoms with Crippen LogP contribution in [0.15, 0.2) is 18.2 Å². The van der Waals surface area contributed by atoms with Crippen molar-refractivity contribution >= 4 is 0 Å². The fourth-order valence-corrected chi connectivity index (χ4v) is 3.30. The lowest BCUT2D eigenvalue weighted by Crippen LogP contribution is -2.47. The van der Waals surface area contributed by atoms with E-state index >= 15 is 0 Å². The average molecular weight is 276 g/mol. The third-order valence-electron chi connectivity index (χ3n) is 4.53. The highest BCUT2D eigenvalue weighted by Crippen LogP contribution is 2.27. The molecule has 1 aromatic carbocycles. The molecule has 1 aromatic rings. The van der Waals surface area contributed by atoms with E-state index < -0.39 is 0 Å². The minimum absolute atomic E-state index is 0.369. The van der Waals surface area contributed by atoms with E-state index in [1.165, 1.54) is 11.1 Å². The number of piperidine rings is 1. The summed E-state index contributed by atoms with van der Waals surface area (Å²) in [4.78, 5) is 2.49. The monoisotopic (exact) mass is 276 g/mol. The number of nitrogens with two attached hydrogens (primary N) is 1. The summed E-state index contributed by atoms with van der Waals surface area (Å²) in [7, 11) is 1.80. The van der Waals surface area contributed by atoms with E-state index in [0.29, 0.717) is 18.7 Å². The van der Waals surface area contributed by atoms with Crippen molar-refractivity contribution in [3.8, 4) is 5.75 Å². The summed E-state index contributed by atoms with van der Waals surface area (Å²) in [6, 6.07) is 7.01. The van der Waals surface area contributed by atoms with Gasteiger partial charge in [0.1, 0.15) is 5.75 Å². The molecular formula is C16H24N2O2. The largest absolute Gasteiger partial charge is 0.493 e. The van der Waals surface area contributed by atoms with Crippen LogP contribution in [0.3, 0.4) is 0 Å². The van der Waals surface area contributed by atoms with Crippen LogP contribution in [0.5, 0.6) is 5.75 Å². The molecule has 2 aliphatic heterocycles. The number of benzene rings is 1. The van der Waals surface area contributed by atoms with Crippen molar-refractivity contribution in [3.63, 3.8) is 0 Å². The number of nitrogens with zero attached hydrogens (tertiary/aromatic N) is 1. The molecule has 0 bridgehead atoms. The van der Waals surface area contributed by atoms with Gasteiger partial charge in [-0.05, 0) is 30.0 Å². The third kappa shape index (κ3) is 2.82. The molecule has 20 heavy (non-hydrogen) atoms. The molecule has 3 rings (SSSR count). The van der Waals surface area contributed by atoms with Crippen molar-refractivity contribution in [2.45, 2.75) is 38.0 Å². The molecule has 1 saturated heterocycles. The Labute approximate surface area is 120 Å². The standard InChI is InChI=1S/C16H24N2O2/c1-19-15-4-6-18(14(9-15)10-17)11-12-2-3-16-13(8-12)5-7-20-16/h2-3,8,14-15H,4-7,9-11,17H2,1H3. The second kappa shape index (κ2) is 6.12. The Kier molecular flexibility index (Phi) is 4.24. The summed E-state index contributed by atoms with van der Waals surface area (Å²) in [5, 5.41) is 0. The van der Waals surface area contributed by atoms with Crippen LogP contribution in [-0.2, 0) is 17.7 Å². The highest BCUT2D eigenvalue weighted by molar-refractivity contribution is 5.39. The van der Waals surface area contributed by atoms with Gasteiger partial charge in [0.25, 0.3) is 0 Å². The summed E-state index contributed by atoms with van der Waals surface area (Å²) in [6.07, 6.45) is 3.55. The lowest BCUT2D eigenvalue weighted by molar-refractivity contribution is 0.0102. The molecule has 2 heterocycles. The highest BCUT2D eigenvalue weighted by Gasteiger charge is 2.27. The number of ether oxygens (including phenoxy) is 2. The first-order valence-electron chi connectivity index (χ1n) is 7.51. The van der Waals surface area contributed by atoms with E-state index in [1.807, 2.05) is 0 Å². The Balaban J connectivity index is 1.67. The summed E-state index contributed by atoms with van der Waals surface area (Å²) < 4.78 is 11.0. The van der Waals surface area contributed by atoms with Gasteiger partial charge in [-0.1, -0.05) is 12.1 Å². The molecule has 4 heteroatoms. The molecule has 0 aromatic heterocycles. The van der Waals surface area contributed by atoms with Crippen molar-refractivity contribution in [2.75, 3.05) is 26.8 Å². The second-order valence-electron chi connectivity index (χ2n) is 5.78. The maximum atomic E-state index is 5.94. The highest BCUT2D eigenvalue weighted by atomic mass is 16.5. The molecule has 2 N–H and O–H groups in total. The summed E-state index contributed by atoms with van der Waals surface area (Å²) in [6.45, 7) is 3.57. The maximum Gasteiger partial charge on any atom is 0.122 e. The minimum atomic E-state index is 0.369. The Bertz CT molecular complexity index is 464. The lowest BCUT2D eigenvalue weighted by Gasteiger charge is -2.38. The van der Waals surface area contributed by atoms with Crippen LogP contribution in [0.4, 0.5) is 0 Å². The number of rotatable bonds is 4. The Morgan fingerprint density at radius 2 is 2.35 bits per heavy atom. The fourth-order valence-electron chi connectivity index (χ4n) is 3.30. The minimum Gasteiger partial charge on any atom is -0.493 e. The van der Waals surface area contributed by atoms with Gasteiger partial charge < -0.3 is 15.2 Å². The van der Waals surface area contributed by atoms with Gasteiger partial charge in [-0.2, -0.15) is 0 Å². The van der Waals surface area contributed by atoms with Gasteiger partial charge in [-0.15, -0.1) is 0 Å². The normalized spacial score (nSPS) is 26.3. The molecule has 2 atom stereocenters. The molecule has 2 unspecified atom stereocenters. The summed E-state index contributed by atoms with van der Waals surface area (Å²) in [5.41, 5.74) is 8.65. The van der Waals surface area contributed by atoms with Gasteiger partial charge in [0, 0.05) is 39.2 Å². The van der Waals surface area contributed by atoms with Crippen LogP contribution >= 0.6 is 0 Å². The van der Waals surface area contributed by atoms with Crippen LogP contribution in [0, 0.1) is 0 Å². The lowest BCUT2D eigenvalue weighted by atomic mass is 9.98. The zero-order valence-electron chi connectivity index (χ0n) is 12.2. The molecular weight excluding hydrogens is 252 g/mol. The smallest absolute Gasteiger partial charge is 0.122 e. The van der Waals surface area contributed by atoms with E-state index in [9.17, 15) is 0 Å². The topological polar surface area (TPSA) is 47.7 Å². The van der Waals surface area contributed by atoms with Gasteiger partial charge in [-0.3, -0.25) is 4.90 Å². The Morgan fingerprint density at radius 1 is 1.45 bits per heavy atom. The average Bonchev–Trinajstić information content (AvgIpc) is 2.95. The van der Waals surface area contributed by atoms with Crippen molar-refractivity contribution in [2.24, 2.45) is 5.73 Å². The second-order valence-corrected chi connectivity index (χ2v) is 5.78. The van der Waals surface area contributed by atoms with Gasteiger partial charge in [-0.25, -0.2) is 0 Å². The molecule has 2 aliphatic rings. The molecule has 4 nitrogen and oxygen atoms in total. The predicted molar refractivity (Wildman–Crippen MR) is 78.9 cm³/mol. The molecule has 0 spiro atoms. The molecule has 0 amide bonds. The zero-order valence-corrected chi connectivity index (χ0v) is 12.2. The Morgan fingerprint density at radius 3 is 3.15 bits per heavy atom. The van der Waals surface area contributed by atoms with E-state index in [-0.39, 0.29) is 0 Å². The van der Waals surface area contributed by atoms with Crippen LogP contribution in [0.2, 0.25) is 0 Å². The number of hydrogen-bond donors (Lipinski definition) is 1. The predicted octanol–water partition coefficient (Wildman–Crippen LogP) is 1.56. The van der Waals surface area contributed by atoms with E-state index in [4.69, 9.17) is 15.2 Å². The molecule has 0 aliphatic carbocycles. The molecule has 110 valence electrons. The quantitative estimate of drug-likeness (QED) is 0.906. The van der Waals surface area contributed by atoms with Crippen LogP contribution < -0.4 is 10.5 Å². The fraction of sp³-hybridized carbons (Fsp3) is 0.625. The van der Waals surface area contributed by atoms with E-state index in [0.717, 1.165) is 44.7 Å². The van der Waals surface area contributed by atoms with Crippen LogP contribution in [-0.4, -0.2) is 43.9 Å². The first-order valence-corrected chi connectivity index (χ1v) is 7.51. The van der Waals surface area contributed by atoms with Gasteiger partial charge in [0.05, 0.1) is 12.7 Å². The third-order valence-corrected chi connectivity index (χ3v) is 4.53. The van der Waals surface area contributed by atoms with Crippen molar-refractivity contribution < 1.29 is 9.47 Å². The van der Waals surface area contributed by atoms with Gasteiger partial charge >= 0.3 is 0 Å². The van der Waals surface area contributed by atoms with Crippen molar-refractivity contribution in [1.82, 2.24) is 4.90 Å². The number of likely N-dealkylation sites (tertiary alicyclic amines) is 1. The first-order chi connectivity index (χ1) is 9.80. The van der Waals surface area contributed by atoms with Crippen molar-refractivity contribution in [3.05, 3.63) is 29.3 Å². The summed E-state index contributed by atoms with van der Waals surface area (Å²) in [5.74, 6) is 1.06. The zero-order chi connectivity index (χ0) is 13.9. The van der Waals surface area contributed by atoms with E-state index in [2.05, 4.69) is 23.1 Å². The number of hydrogen-bond acceptors (Lipinski definition) is 4. The van der Waals surface area contributed by atoms with Crippen molar-refractivity contribution in [1.29, 1.82) is 0 Å². The Hall–Kier alpha value is -1.10. The van der Waals surface area contributed by atoms with Gasteiger partial charge in [0.15, 0.2) is 0 Å². The first kappa shape index (κ1) is 13.9. The van der Waals surface area contributed by atoms with Crippen LogP contribution in [0.1, 0.15) is 24.0 Å². The molecule has 0 radical (unpaired) electrons. The molecule has 0 saturated carbocycles. The van der Waals surface area contributed by atoms with Gasteiger partial charge in [0.2, 0.25) is 0 Å².